The van der Waals surface area contributed by atoms with E-state index < -0.39 is 0 Å². The Kier molecular flexibility index (Phi) is 7.13. The summed E-state index contributed by atoms with van der Waals surface area (Å²) in [5, 5.41) is 4.74. The maximum atomic E-state index is 14.8. The minimum Gasteiger partial charge on any atom is -0.308 e. The molecule has 5 nitrogen and oxygen atoms in total. The van der Waals surface area contributed by atoms with E-state index in [4.69, 9.17) is 5.10 Å². The van der Waals surface area contributed by atoms with Crippen molar-refractivity contribution in [3.8, 4) is 11.1 Å². The number of hydrogen-bond donors (Lipinski definition) is 0. The smallest absolute Gasteiger partial charge is 0.230 e. The van der Waals surface area contributed by atoms with E-state index in [9.17, 15) is 9.18 Å². The van der Waals surface area contributed by atoms with Crippen molar-refractivity contribution in [2.75, 3.05) is 32.1 Å². The Hall–Kier alpha value is -2.70. The van der Waals surface area contributed by atoms with Gasteiger partial charge in [0.1, 0.15) is 11.6 Å². The van der Waals surface area contributed by atoms with Gasteiger partial charge in [0, 0.05) is 37.1 Å². The Morgan fingerprint density at radius 2 is 1.87 bits per heavy atom. The molecular formula is C24H28ClFN4O. The van der Waals surface area contributed by atoms with Crippen LogP contribution in [0.4, 0.5) is 10.2 Å². The number of hydrogen-bond acceptors (Lipinski definition) is 3. The summed E-state index contributed by atoms with van der Waals surface area (Å²) in [7, 11) is 3.99. The van der Waals surface area contributed by atoms with Crippen molar-refractivity contribution in [1.82, 2.24) is 14.7 Å². The van der Waals surface area contributed by atoms with Crippen LogP contribution in [0.15, 0.2) is 54.6 Å². The standard InChI is InChI=1S/C24H27FN4O.ClH/c1-17(19-9-10-20(21(25)15-19)18-7-5-4-6-8-18)22-16-23-28(14-13-27(2)3)24(30)11-12-29(23)26-22;/h4-10,15-17H,11-14H2,1-3H3;1H. The average molecular weight is 443 g/mol. The third-order valence-electron chi connectivity index (χ3n) is 5.69. The van der Waals surface area contributed by atoms with Gasteiger partial charge in [-0.2, -0.15) is 5.10 Å². The summed E-state index contributed by atoms with van der Waals surface area (Å²) in [6, 6.07) is 16.9. The van der Waals surface area contributed by atoms with Gasteiger partial charge in [0.25, 0.3) is 0 Å². The Morgan fingerprint density at radius 1 is 1.13 bits per heavy atom. The van der Waals surface area contributed by atoms with E-state index in [1.165, 1.54) is 0 Å². The van der Waals surface area contributed by atoms with Gasteiger partial charge in [-0.15, -0.1) is 12.4 Å². The number of amides is 1. The van der Waals surface area contributed by atoms with Gasteiger partial charge in [-0.05, 0) is 31.3 Å². The number of halogens is 2. The van der Waals surface area contributed by atoms with Gasteiger partial charge in [0.15, 0.2) is 0 Å². The van der Waals surface area contributed by atoms with Crippen LogP contribution in [0, 0.1) is 5.82 Å². The molecule has 1 aromatic heterocycles. The van der Waals surface area contributed by atoms with Gasteiger partial charge in [-0.25, -0.2) is 9.07 Å². The minimum absolute atomic E-state index is 0. The number of benzene rings is 2. The van der Waals surface area contributed by atoms with Crippen molar-refractivity contribution in [3.05, 3.63) is 71.7 Å². The van der Waals surface area contributed by atoms with Gasteiger partial charge in [0.05, 0.1) is 12.2 Å². The first kappa shape index (κ1) is 23.0. The first-order chi connectivity index (χ1) is 14.4. The Balaban J connectivity index is 0.00000272. The molecule has 0 spiro atoms. The number of carbonyl (C=O) groups excluding carboxylic acids is 1. The van der Waals surface area contributed by atoms with Crippen LogP contribution in [0.3, 0.4) is 0 Å². The van der Waals surface area contributed by atoms with Crippen molar-refractivity contribution < 1.29 is 9.18 Å². The molecule has 0 N–H and O–H groups in total. The second kappa shape index (κ2) is 9.62. The Bertz CT molecular complexity index is 1050. The average Bonchev–Trinajstić information content (AvgIpc) is 3.17. The molecule has 1 aliphatic rings. The number of rotatable bonds is 6. The zero-order chi connectivity index (χ0) is 21.3. The molecule has 2 aromatic carbocycles. The van der Waals surface area contributed by atoms with Gasteiger partial charge < -0.3 is 4.90 Å². The molecule has 3 aromatic rings. The molecule has 0 saturated heterocycles. The molecule has 1 aliphatic heterocycles. The van der Waals surface area contributed by atoms with E-state index in [1.54, 1.807) is 6.07 Å². The lowest BCUT2D eigenvalue weighted by Crippen LogP contribution is -2.41. The minimum atomic E-state index is -0.239. The van der Waals surface area contributed by atoms with Crippen LogP contribution in [-0.4, -0.2) is 47.8 Å². The number of fused-ring (bicyclic) bond motifs is 1. The third kappa shape index (κ3) is 4.81. The summed E-state index contributed by atoms with van der Waals surface area (Å²) < 4.78 is 16.7. The Morgan fingerprint density at radius 3 is 2.55 bits per heavy atom. The predicted molar refractivity (Wildman–Crippen MR) is 124 cm³/mol. The number of likely N-dealkylation sites (N-methyl/N-ethyl adjacent to an activating group) is 1. The molecule has 164 valence electrons. The molecule has 31 heavy (non-hydrogen) atoms. The third-order valence-corrected chi connectivity index (χ3v) is 5.69. The van der Waals surface area contributed by atoms with Crippen LogP contribution in [0.5, 0.6) is 0 Å². The summed E-state index contributed by atoms with van der Waals surface area (Å²) in [6.45, 7) is 4.03. The van der Waals surface area contributed by atoms with Gasteiger partial charge in [-0.1, -0.05) is 49.4 Å². The fourth-order valence-electron chi connectivity index (χ4n) is 3.85. The summed E-state index contributed by atoms with van der Waals surface area (Å²) in [6.07, 6.45) is 0.455. The SMILES string of the molecule is CC(c1ccc(-c2ccccc2)c(F)c1)c1cc2n(n1)CCC(=O)N2CCN(C)C.Cl. The summed E-state index contributed by atoms with van der Waals surface area (Å²) in [4.78, 5) is 16.3. The number of anilines is 1. The van der Waals surface area contributed by atoms with E-state index in [0.29, 0.717) is 25.1 Å². The first-order valence-corrected chi connectivity index (χ1v) is 10.3. The van der Waals surface area contributed by atoms with Crippen molar-refractivity contribution in [2.24, 2.45) is 0 Å². The largest absolute Gasteiger partial charge is 0.308 e. The highest BCUT2D eigenvalue weighted by molar-refractivity contribution is 5.93. The molecule has 2 heterocycles. The monoisotopic (exact) mass is 442 g/mol. The summed E-state index contributed by atoms with van der Waals surface area (Å²) in [5.41, 5.74) is 3.17. The van der Waals surface area contributed by atoms with E-state index in [0.717, 1.165) is 29.2 Å². The maximum absolute atomic E-state index is 14.8. The van der Waals surface area contributed by atoms with Crippen molar-refractivity contribution in [2.45, 2.75) is 25.8 Å². The highest BCUT2D eigenvalue weighted by Crippen LogP contribution is 2.32. The molecule has 7 heteroatoms. The predicted octanol–water partition coefficient (Wildman–Crippen LogP) is 4.56. The van der Waals surface area contributed by atoms with Crippen molar-refractivity contribution in [1.29, 1.82) is 0 Å². The molecule has 0 saturated carbocycles. The lowest BCUT2D eigenvalue weighted by Gasteiger charge is -2.28. The van der Waals surface area contributed by atoms with Crippen LogP contribution in [0.25, 0.3) is 11.1 Å². The molecule has 0 radical (unpaired) electrons. The van der Waals surface area contributed by atoms with Gasteiger partial charge >= 0.3 is 0 Å². The molecule has 1 unspecified atom stereocenters. The number of nitrogens with zero attached hydrogens (tertiary/aromatic N) is 4. The van der Waals surface area contributed by atoms with Crippen LogP contribution in [0.1, 0.15) is 30.5 Å². The molecule has 1 amide bonds. The normalized spacial score (nSPS) is 14.4. The second-order valence-electron chi connectivity index (χ2n) is 8.08. The molecule has 4 rings (SSSR count). The number of carbonyl (C=O) groups is 1. The van der Waals surface area contributed by atoms with E-state index in [1.807, 2.05) is 79.1 Å². The number of aryl methyl sites for hydroxylation is 1. The second-order valence-corrected chi connectivity index (χ2v) is 8.08. The molecule has 0 fully saturated rings. The summed E-state index contributed by atoms with van der Waals surface area (Å²) in [5.74, 6) is 0.642. The first-order valence-electron chi connectivity index (χ1n) is 10.3. The zero-order valence-electron chi connectivity index (χ0n) is 18.1. The van der Waals surface area contributed by atoms with E-state index in [2.05, 4.69) is 4.90 Å². The maximum Gasteiger partial charge on any atom is 0.230 e. The van der Waals surface area contributed by atoms with Gasteiger partial charge in [-0.3, -0.25) is 9.69 Å². The van der Waals surface area contributed by atoms with E-state index in [-0.39, 0.29) is 30.0 Å². The van der Waals surface area contributed by atoms with Crippen LogP contribution >= 0.6 is 12.4 Å². The molecule has 1 atom stereocenters. The molecule has 0 bridgehead atoms. The van der Waals surface area contributed by atoms with Crippen LogP contribution < -0.4 is 4.90 Å². The van der Waals surface area contributed by atoms with Crippen molar-refractivity contribution in [3.63, 3.8) is 0 Å². The zero-order valence-corrected chi connectivity index (χ0v) is 18.9. The highest BCUT2D eigenvalue weighted by atomic mass is 35.5. The lowest BCUT2D eigenvalue weighted by molar-refractivity contribution is -0.119. The fraction of sp³-hybridized carbons (Fsp3) is 0.333. The summed E-state index contributed by atoms with van der Waals surface area (Å²) >= 11 is 0. The topological polar surface area (TPSA) is 41.4 Å². The quantitative estimate of drug-likeness (QED) is 0.562. The highest BCUT2D eigenvalue weighted by Gasteiger charge is 2.27. The number of aromatic nitrogens is 2. The molecule has 0 aliphatic carbocycles. The van der Waals surface area contributed by atoms with Gasteiger partial charge in [0.2, 0.25) is 5.91 Å². The van der Waals surface area contributed by atoms with Crippen LogP contribution in [0.2, 0.25) is 0 Å². The Labute approximate surface area is 188 Å². The lowest BCUT2D eigenvalue weighted by atomic mass is 9.95. The fourth-order valence-corrected chi connectivity index (χ4v) is 3.85. The van der Waals surface area contributed by atoms with E-state index >= 15 is 0 Å². The molecular weight excluding hydrogens is 415 g/mol. The van der Waals surface area contributed by atoms with Crippen molar-refractivity contribution >= 4 is 24.1 Å². The van der Waals surface area contributed by atoms with Crippen LogP contribution in [-0.2, 0) is 11.3 Å².